The van der Waals surface area contributed by atoms with Crippen molar-refractivity contribution in [1.29, 1.82) is 0 Å². The molecule has 0 spiro atoms. The van der Waals surface area contributed by atoms with Crippen LogP contribution in [-0.2, 0) is 6.18 Å². The Balaban J connectivity index is 1.38. The molecular formula is C22H21F3N4O3. The predicted octanol–water partition coefficient (Wildman–Crippen LogP) is 5.18. The van der Waals surface area contributed by atoms with Gasteiger partial charge in [-0.2, -0.15) is 18.2 Å². The van der Waals surface area contributed by atoms with Gasteiger partial charge in [0, 0.05) is 24.6 Å². The number of piperidine rings is 1. The molecule has 0 radical (unpaired) electrons. The number of carbonyl (C=O) groups is 1. The molecule has 1 aromatic heterocycles. The van der Waals surface area contributed by atoms with Gasteiger partial charge in [0.25, 0.3) is 0 Å². The Morgan fingerprint density at radius 2 is 1.91 bits per heavy atom. The highest BCUT2D eigenvalue weighted by atomic mass is 19.4. The molecule has 3 aromatic rings. The van der Waals surface area contributed by atoms with E-state index in [0.29, 0.717) is 43.4 Å². The van der Waals surface area contributed by atoms with Crippen molar-refractivity contribution in [2.75, 3.05) is 25.5 Å². The first kappa shape index (κ1) is 21.7. The van der Waals surface area contributed by atoms with E-state index in [1.807, 2.05) is 18.2 Å². The lowest BCUT2D eigenvalue weighted by molar-refractivity contribution is -0.136. The van der Waals surface area contributed by atoms with E-state index in [4.69, 9.17) is 9.26 Å². The van der Waals surface area contributed by atoms with Gasteiger partial charge in [0.15, 0.2) is 0 Å². The van der Waals surface area contributed by atoms with E-state index in [9.17, 15) is 18.0 Å². The number of alkyl halides is 3. The summed E-state index contributed by atoms with van der Waals surface area (Å²) in [7, 11) is 1.58. The average molecular weight is 446 g/mol. The molecule has 1 N–H and O–H groups in total. The topological polar surface area (TPSA) is 80.5 Å². The average Bonchev–Trinajstić information content (AvgIpc) is 3.29. The normalized spacial score (nSPS) is 14.9. The highest BCUT2D eigenvalue weighted by molar-refractivity contribution is 5.90. The van der Waals surface area contributed by atoms with E-state index in [2.05, 4.69) is 15.5 Å². The van der Waals surface area contributed by atoms with Crippen molar-refractivity contribution in [3.05, 3.63) is 60.0 Å². The summed E-state index contributed by atoms with van der Waals surface area (Å²) in [6, 6.07) is 11.7. The number of halogens is 3. The lowest BCUT2D eigenvalue weighted by Gasteiger charge is -2.30. The van der Waals surface area contributed by atoms with Crippen LogP contribution in [0.1, 0.15) is 30.2 Å². The monoisotopic (exact) mass is 446 g/mol. The van der Waals surface area contributed by atoms with E-state index in [-0.39, 0.29) is 11.6 Å². The minimum atomic E-state index is -4.55. The molecule has 10 heteroatoms. The summed E-state index contributed by atoms with van der Waals surface area (Å²) >= 11 is 0. The molecule has 32 heavy (non-hydrogen) atoms. The van der Waals surface area contributed by atoms with Crippen LogP contribution in [0.3, 0.4) is 0 Å². The number of nitrogens with zero attached hydrogens (tertiary/aromatic N) is 3. The molecule has 1 fully saturated rings. The maximum atomic E-state index is 13.2. The number of methoxy groups -OCH3 is 1. The molecule has 168 valence electrons. The number of amides is 2. The maximum absolute atomic E-state index is 13.2. The summed E-state index contributed by atoms with van der Waals surface area (Å²) in [5, 5.41) is 6.42. The van der Waals surface area contributed by atoms with Crippen LogP contribution in [0.4, 0.5) is 23.7 Å². The molecule has 2 amide bonds. The number of likely N-dealkylation sites (tertiary alicyclic amines) is 1. The van der Waals surface area contributed by atoms with Crippen LogP contribution in [0.25, 0.3) is 11.4 Å². The van der Waals surface area contributed by atoms with Crippen LogP contribution in [0.15, 0.2) is 53.1 Å². The Labute approximate surface area is 182 Å². The summed E-state index contributed by atoms with van der Waals surface area (Å²) in [6.45, 7) is 0.725. The summed E-state index contributed by atoms with van der Waals surface area (Å²) in [6.07, 6.45) is -3.42. The summed E-state index contributed by atoms with van der Waals surface area (Å²) in [5.41, 5.74) is -0.370. The quantitative estimate of drug-likeness (QED) is 0.598. The van der Waals surface area contributed by atoms with Gasteiger partial charge in [-0.25, -0.2) is 4.79 Å². The van der Waals surface area contributed by atoms with E-state index in [1.54, 1.807) is 13.2 Å². The van der Waals surface area contributed by atoms with Crippen molar-refractivity contribution in [2.45, 2.75) is 24.9 Å². The van der Waals surface area contributed by atoms with Crippen molar-refractivity contribution in [1.82, 2.24) is 15.0 Å². The van der Waals surface area contributed by atoms with Gasteiger partial charge < -0.3 is 19.5 Å². The molecule has 2 heterocycles. The molecule has 1 aliphatic heterocycles. The standard InChI is InChI=1S/C22H21F3N4O3/c1-31-16-6-4-5-15(13-16)19-27-20(32-28-19)14-9-11-29(12-10-14)21(30)26-18-8-3-2-7-17(18)22(23,24)25/h2-8,13-14H,9-12H2,1H3,(H,26,30). The van der Waals surface area contributed by atoms with Crippen molar-refractivity contribution < 1.29 is 27.2 Å². The lowest BCUT2D eigenvalue weighted by atomic mass is 9.97. The minimum absolute atomic E-state index is 0.0339. The fraction of sp³-hybridized carbons (Fsp3) is 0.318. The van der Waals surface area contributed by atoms with E-state index in [1.165, 1.54) is 23.1 Å². The summed E-state index contributed by atoms with van der Waals surface area (Å²) < 4.78 is 50.1. The third-order valence-corrected chi connectivity index (χ3v) is 5.38. The molecule has 0 unspecified atom stereocenters. The summed E-state index contributed by atoms with van der Waals surface area (Å²) in [5.74, 6) is 1.57. The Bertz CT molecular complexity index is 1090. The zero-order valence-corrected chi connectivity index (χ0v) is 17.2. The maximum Gasteiger partial charge on any atom is 0.418 e. The first-order valence-electron chi connectivity index (χ1n) is 10.1. The van der Waals surface area contributed by atoms with Crippen LogP contribution in [0, 0.1) is 0 Å². The van der Waals surface area contributed by atoms with Gasteiger partial charge >= 0.3 is 12.2 Å². The van der Waals surface area contributed by atoms with Crippen LogP contribution in [0.2, 0.25) is 0 Å². The molecule has 0 bridgehead atoms. The van der Waals surface area contributed by atoms with Gasteiger partial charge in [-0.15, -0.1) is 0 Å². The van der Waals surface area contributed by atoms with Gasteiger partial charge in [0.2, 0.25) is 11.7 Å². The lowest BCUT2D eigenvalue weighted by Crippen LogP contribution is -2.40. The van der Waals surface area contributed by atoms with Crippen LogP contribution in [-0.4, -0.2) is 41.3 Å². The second-order valence-electron chi connectivity index (χ2n) is 7.42. The van der Waals surface area contributed by atoms with Crippen molar-refractivity contribution in [2.24, 2.45) is 0 Å². The summed E-state index contributed by atoms with van der Waals surface area (Å²) in [4.78, 5) is 18.5. The number of anilines is 1. The van der Waals surface area contributed by atoms with Crippen molar-refractivity contribution >= 4 is 11.7 Å². The number of urea groups is 1. The Morgan fingerprint density at radius 3 is 2.62 bits per heavy atom. The zero-order valence-electron chi connectivity index (χ0n) is 17.2. The second-order valence-corrected chi connectivity index (χ2v) is 7.42. The fourth-order valence-electron chi connectivity index (χ4n) is 3.64. The van der Waals surface area contributed by atoms with Gasteiger partial charge in [-0.05, 0) is 37.1 Å². The number of carbonyl (C=O) groups excluding carboxylic acids is 1. The number of aromatic nitrogens is 2. The highest BCUT2D eigenvalue weighted by Gasteiger charge is 2.34. The zero-order chi connectivity index (χ0) is 22.7. The number of benzene rings is 2. The molecule has 1 aliphatic rings. The Kier molecular flexibility index (Phi) is 6.02. The van der Waals surface area contributed by atoms with E-state index >= 15 is 0 Å². The molecular weight excluding hydrogens is 425 g/mol. The van der Waals surface area contributed by atoms with Gasteiger partial charge in [0.05, 0.1) is 18.4 Å². The predicted molar refractivity (Wildman–Crippen MR) is 110 cm³/mol. The smallest absolute Gasteiger partial charge is 0.418 e. The van der Waals surface area contributed by atoms with Crippen LogP contribution in [0.5, 0.6) is 5.75 Å². The largest absolute Gasteiger partial charge is 0.497 e. The second kappa shape index (κ2) is 8.89. The molecule has 0 atom stereocenters. The third kappa shape index (κ3) is 4.68. The van der Waals surface area contributed by atoms with Crippen molar-refractivity contribution in [3.8, 4) is 17.1 Å². The number of rotatable bonds is 4. The minimum Gasteiger partial charge on any atom is -0.497 e. The van der Waals surface area contributed by atoms with Gasteiger partial charge in [-0.1, -0.05) is 29.4 Å². The highest BCUT2D eigenvalue weighted by Crippen LogP contribution is 2.35. The number of hydrogen-bond donors (Lipinski definition) is 1. The first-order chi connectivity index (χ1) is 15.3. The number of hydrogen-bond acceptors (Lipinski definition) is 5. The number of para-hydroxylation sites is 1. The molecule has 0 saturated carbocycles. The van der Waals surface area contributed by atoms with Gasteiger partial charge in [0.1, 0.15) is 5.75 Å². The van der Waals surface area contributed by atoms with Gasteiger partial charge in [-0.3, -0.25) is 0 Å². The molecule has 1 saturated heterocycles. The van der Waals surface area contributed by atoms with Crippen LogP contribution >= 0.6 is 0 Å². The molecule has 2 aromatic carbocycles. The third-order valence-electron chi connectivity index (χ3n) is 5.38. The van der Waals surface area contributed by atoms with Crippen LogP contribution < -0.4 is 10.1 Å². The molecule has 0 aliphatic carbocycles. The van der Waals surface area contributed by atoms with E-state index < -0.39 is 17.8 Å². The fourth-order valence-corrected chi connectivity index (χ4v) is 3.64. The van der Waals surface area contributed by atoms with E-state index in [0.717, 1.165) is 11.6 Å². The Morgan fingerprint density at radius 1 is 1.16 bits per heavy atom. The number of nitrogens with one attached hydrogen (secondary N) is 1. The number of ether oxygens (including phenoxy) is 1. The Hall–Kier alpha value is -3.56. The first-order valence-corrected chi connectivity index (χ1v) is 10.1. The molecule has 4 rings (SSSR count). The molecule has 7 nitrogen and oxygen atoms in total. The SMILES string of the molecule is COc1cccc(-c2noc(C3CCN(C(=O)Nc4ccccc4C(F)(F)F)CC3)n2)c1. The van der Waals surface area contributed by atoms with Crippen molar-refractivity contribution in [3.63, 3.8) is 0 Å².